The van der Waals surface area contributed by atoms with Gasteiger partial charge in [-0.1, -0.05) is 0 Å². The molecule has 0 saturated carbocycles. The summed E-state index contributed by atoms with van der Waals surface area (Å²) >= 11 is 0. The van der Waals surface area contributed by atoms with Gasteiger partial charge >= 0.3 is 0 Å². The van der Waals surface area contributed by atoms with Crippen molar-refractivity contribution in [3.8, 4) is 11.9 Å². The Morgan fingerprint density at radius 3 is 2.94 bits per heavy atom. The van der Waals surface area contributed by atoms with Gasteiger partial charge in [0, 0.05) is 19.4 Å². The summed E-state index contributed by atoms with van der Waals surface area (Å²) in [6.45, 7) is 2.20. The predicted octanol–water partition coefficient (Wildman–Crippen LogP) is 1.34. The van der Waals surface area contributed by atoms with Gasteiger partial charge in [-0.15, -0.1) is 0 Å². The normalized spacial score (nSPS) is 16.4. The van der Waals surface area contributed by atoms with Crippen LogP contribution in [0, 0.1) is 17.2 Å². The number of pyridine rings is 1. The van der Waals surface area contributed by atoms with E-state index in [0.29, 0.717) is 29.7 Å². The molecule has 1 aromatic rings. The van der Waals surface area contributed by atoms with E-state index in [1.54, 1.807) is 6.07 Å². The third-order valence-electron chi connectivity index (χ3n) is 2.80. The summed E-state index contributed by atoms with van der Waals surface area (Å²) in [5, 5.41) is 8.69. The molecule has 1 fully saturated rings. The van der Waals surface area contributed by atoms with Crippen LogP contribution in [0.3, 0.4) is 0 Å². The monoisotopic (exact) mass is 233 g/mol. The van der Waals surface area contributed by atoms with Crippen molar-refractivity contribution in [1.29, 1.82) is 5.26 Å². The molecule has 0 atom stereocenters. The Bertz CT molecular complexity index is 422. The molecule has 17 heavy (non-hydrogen) atoms. The molecule has 0 aromatic carbocycles. The molecule has 5 nitrogen and oxygen atoms in total. The van der Waals surface area contributed by atoms with Gasteiger partial charge < -0.3 is 15.2 Å². The lowest BCUT2D eigenvalue weighted by atomic mass is 10.0. The van der Waals surface area contributed by atoms with Gasteiger partial charge in [0.15, 0.2) is 0 Å². The Kier molecular flexibility index (Phi) is 3.78. The first kappa shape index (κ1) is 11.7. The third kappa shape index (κ3) is 3.08. The summed E-state index contributed by atoms with van der Waals surface area (Å²) in [6.07, 6.45) is 3.49. The second kappa shape index (κ2) is 5.51. The number of nitrogens with two attached hydrogens (primary N) is 1. The van der Waals surface area contributed by atoms with Crippen LogP contribution in [0.1, 0.15) is 18.4 Å². The van der Waals surface area contributed by atoms with Crippen molar-refractivity contribution in [2.75, 3.05) is 25.6 Å². The minimum Gasteiger partial charge on any atom is -0.476 e. The largest absolute Gasteiger partial charge is 0.476 e. The van der Waals surface area contributed by atoms with Gasteiger partial charge in [0.2, 0.25) is 5.88 Å². The topological polar surface area (TPSA) is 81.2 Å². The highest BCUT2D eigenvalue weighted by molar-refractivity contribution is 5.51. The maximum atomic E-state index is 8.69. The standard InChI is InChI=1S/C12H15N3O2/c13-6-10-5-11(14)12(15-7-10)17-8-9-1-3-16-4-2-9/h5,7,9H,1-4,8,14H2. The van der Waals surface area contributed by atoms with Crippen LogP contribution in [-0.4, -0.2) is 24.8 Å². The summed E-state index contributed by atoms with van der Waals surface area (Å²) in [4.78, 5) is 4.03. The Balaban J connectivity index is 1.92. The van der Waals surface area contributed by atoms with Gasteiger partial charge in [0.25, 0.3) is 0 Å². The fraction of sp³-hybridized carbons (Fsp3) is 0.500. The number of anilines is 1. The van der Waals surface area contributed by atoms with E-state index < -0.39 is 0 Å². The maximum absolute atomic E-state index is 8.69. The van der Waals surface area contributed by atoms with Crippen LogP contribution in [0.15, 0.2) is 12.3 Å². The first-order valence-electron chi connectivity index (χ1n) is 5.66. The number of ether oxygens (including phenoxy) is 2. The van der Waals surface area contributed by atoms with Crippen molar-refractivity contribution < 1.29 is 9.47 Å². The number of hydrogen-bond acceptors (Lipinski definition) is 5. The molecular weight excluding hydrogens is 218 g/mol. The number of rotatable bonds is 3. The Morgan fingerprint density at radius 1 is 1.53 bits per heavy atom. The molecule has 0 bridgehead atoms. The smallest absolute Gasteiger partial charge is 0.237 e. The summed E-state index contributed by atoms with van der Waals surface area (Å²) in [6, 6.07) is 3.56. The molecule has 1 saturated heterocycles. The van der Waals surface area contributed by atoms with Crippen LogP contribution in [0.5, 0.6) is 5.88 Å². The predicted molar refractivity (Wildman–Crippen MR) is 62.4 cm³/mol. The lowest BCUT2D eigenvalue weighted by molar-refractivity contribution is 0.0492. The molecule has 0 radical (unpaired) electrons. The van der Waals surface area contributed by atoms with Gasteiger partial charge in [0.1, 0.15) is 6.07 Å². The number of hydrogen-bond donors (Lipinski definition) is 1. The van der Waals surface area contributed by atoms with Crippen LogP contribution >= 0.6 is 0 Å². The SMILES string of the molecule is N#Cc1cnc(OCC2CCOCC2)c(N)c1. The molecular formula is C12H15N3O2. The van der Waals surface area contributed by atoms with Crippen molar-refractivity contribution in [1.82, 2.24) is 4.98 Å². The highest BCUT2D eigenvalue weighted by Crippen LogP contribution is 2.21. The number of aromatic nitrogens is 1. The van der Waals surface area contributed by atoms with E-state index in [1.807, 2.05) is 6.07 Å². The molecule has 1 aliphatic heterocycles. The zero-order chi connectivity index (χ0) is 12.1. The molecule has 1 aromatic heterocycles. The maximum Gasteiger partial charge on any atom is 0.237 e. The number of nitrogen functional groups attached to an aromatic ring is 1. The van der Waals surface area contributed by atoms with Gasteiger partial charge in [-0.05, 0) is 24.8 Å². The Morgan fingerprint density at radius 2 is 2.29 bits per heavy atom. The van der Waals surface area contributed by atoms with Gasteiger partial charge in [0.05, 0.1) is 17.9 Å². The van der Waals surface area contributed by atoms with Gasteiger partial charge in [-0.2, -0.15) is 5.26 Å². The second-order valence-corrected chi connectivity index (χ2v) is 4.10. The summed E-state index contributed by atoms with van der Waals surface area (Å²) in [7, 11) is 0. The summed E-state index contributed by atoms with van der Waals surface area (Å²) in [5.41, 5.74) is 6.61. The fourth-order valence-electron chi connectivity index (χ4n) is 1.76. The average molecular weight is 233 g/mol. The molecule has 0 spiro atoms. The zero-order valence-electron chi connectivity index (χ0n) is 9.56. The lowest BCUT2D eigenvalue weighted by Gasteiger charge is -2.22. The van der Waals surface area contributed by atoms with Crippen LogP contribution < -0.4 is 10.5 Å². The molecule has 90 valence electrons. The van der Waals surface area contributed by atoms with Gasteiger partial charge in [-0.3, -0.25) is 0 Å². The van der Waals surface area contributed by atoms with Crippen LogP contribution in [0.2, 0.25) is 0 Å². The van der Waals surface area contributed by atoms with E-state index in [0.717, 1.165) is 26.1 Å². The highest BCUT2D eigenvalue weighted by atomic mass is 16.5. The van der Waals surface area contributed by atoms with E-state index in [2.05, 4.69) is 4.98 Å². The minimum absolute atomic E-state index is 0.412. The minimum atomic E-state index is 0.412. The van der Waals surface area contributed by atoms with E-state index in [9.17, 15) is 0 Å². The zero-order valence-corrected chi connectivity index (χ0v) is 9.56. The second-order valence-electron chi connectivity index (χ2n) is 4.10. The Labute approximate surface area is 100 Å². The molecule has 2 rings (SSSR count). The van der Waals surface area contributed by atoms with E-state index in [-0.39, 0.29) is 0 Å². The van der Waals surface area contributed by atoms with E-state index in [4.69, 9.17) is 20.5 Å². The molecule has 1 aliphatic rings. The van der Waals surface area contributed by atoms with Crippen LogP contribution in [0.25, 0.3) is 0 Å². The van der Waals surface area contributed by atoms with Gasteiger partial charge in [-0.25, -0.2) is 4.98 Å². The Hall–Kier alpha value is -1.80. The molecule has 0 amide bonds. The van der Waals surface area contributed by atoms with Crippen molar-refractivity contribution in [3.05, 3.63) is 17.8 Å². The average Bonchev–Trinajstić information content (AvgIpc) is 2.38. The molecule has 5 heteroatoms. The first-order valence-corrected chi connectivity index (χ1v) is 5.66. The van der Waals surface area contributed by atoms with Crippen molar-refractivity contribution >= 4 is 5.69 Å². The first-order chi connectivity index (χ1) is 8.29. The summed E-state index contributed by atoms with van der Waals surface area (Å²) in [5.74, 6) is 0.913. The molecule has 2 N–H and O–H groups in total. The summed E-state index contributed by atoms with van der Waals surface area (Å²) < 4.78 is 10.8. The van der Waals surface area contributed by atoms with Crippen molar-refractivity contribution in [2.45, 2.75) is 12.8 Å². The number of nitrogens with zero attached hydrogens (tertiary/aromatic N) is 2. The van der Waals surface area contributed by atoms with E-state index in [1.165, 1.54) is 6.20 Å². The molecule has 0 unspecified atom stereocenters. The van der Waals surface area contributed by atoms with Crippen molar-refractivity contribution in [2.24, 2.45) is 5.92 Å². The van der Waals surface area contributed by atoms with Crippen molar-refractivity contribution in [3.63, 3.8) is 0 Å². The molecule has 0 aliphatic carbocycles. The quantitative estimate of drug-likeness (QED) is 0.852. The number of nitriles is 1. The lowest BCUT2D eigenvalue weighted by Crippen LogP contribution is -2.21. The highest BCUT2D eigenvalue weighted by Gasteiger charge is 2.15. The van der Waals surface area contributed by atoms with E-state index >= 15 is 0 Å². The van der Waals surface area contributed by atoms with Crippen LogP contribution in [-0.2, 0) is 4.74 Å². The fourth-order valence-corrected chi connectivity index (χ4v) is 1.76. The van der Waals surface area contributed by atoms with Crippen LogP contribution in [0.4, 0.5) is 5.69 Å². The molecule has 2 heterocycles. The third-order valence-corrected chi connectivity index (χ3v) is 2.80.